The maximum atomic E-state index is 11.1. The van der Waals surface area contributed by atoms with Gasteiger partial charge in [-0.05, 0) is 13.0 Å². The summed E-state index contributed by atoms with van der Waals surface area (Å²) >= 11 is 0. The smallest absolute Gasteiger partial charge is 0.224 e. The lowest BCUT2D eigenvalue weighted by atomic mass is 10.2. The first-order valence-electron chi connectivity index (χ1n) is 3.62. The van der Waals surface area contributed by atoms with Crippen LogP contribution in [0.15, 0.2) is 24.4 Å². The summed E-state index contributed by atoms with van der Waals surface area (Å²) in [5.74, 6) is 0. The van der Waals surface area contributed by atoms with E-state index < -0.39 is 0 Å². The molecule has 0 bridgehead atoms. The minimum atomic E-state index is 0.0219. The third kappa shape index (κ3) is 1.07. The highest BCUT2D eigenvalue weighted by Crippen LogP contribution is 2.35. The van der Waals surface area contributed by atoms with Crippen molar-refractivity contribution in [3.05, 3.63) is 35.3 Å². The van der Waals surface area contributed by atoms with Gasteiger partial charge in [-0.1, -0.05) is 0 Å². The largest absolute Gasteiger partial charge is 0.618 e. The van der Waals surface area contributed by atoms with E-state index in [0.29, 0.717) is 5.69 Å². The van der Waals surface area contributed by atoms with Gasteiger partial charge in [0.05, 0.1) is 6.10 Å². The van der Waals surface area contributed by atoms with Crippen LogP contribution in [-0.2, 0) is 4.74 Å². The van der Waals surface area contributed by atoms with Crippen molar-refractivity contribution in [2.45, 2.75) is 19.1 Å². The summed E-state index contributed by atoms with van der Waals surface area (Å²) in [4.78, 5) is 0. The van der Waals surface area contributed by atoms with Crippen LogP contribution in [0.4, 0.5) is 0 Å². The van der Waals surface area contributed by atoms with E-state index in [1.807, 2.05) is 13.0 Å². The van der Waals surface area contributed by atoms with Crippen molar-refractivity contribution in [2.24, 2.45) is 0 Å². The van der Waals surface area contributed by atoms with Gasteiger partial charge >= 0.3 is 0 Å². The Hall–Kier alpha value is -1.09. The topological polar surface area (TPSA) is 39.5 Å². The van der Waals surface area contributed by atoms with Gasteiger partial charge in [-0.15, -0.1) is 0 Å². The highest BCUT2D eigenvalue weighted by molar-refractivity contribution is 5.07. The molecule has 3 nitrogen and oxygen atoms in total. The Balaban J connectivity index is 2.31. The third-order valence-electron chi connectivity index (χ3n) is 1.86. The molecule has 11 heavy (non-hydrogen) atoms. The molecule has 2 rings (SSSR count). The van der Waals surface area contributed by atoms with Crippen molar-refractivity contribution in [3.8, 4) is 0 Å². The molecule has 1 aliphatic rings. The minimum absolute atomic E-state index is 0.0219. The fourth-order valence-corrected chi connectivity index (χ4v) is 1.16. The highest BCUT2D eigenvalue weighted by Gasteiger charge is 2.41. The molecule has 0 saturated carbocycles. The molecule has 0 amide bonds. The summed E-state index contributed by atoms with van der Waals surface area (Å²) < 4.78 is 6.02. The average molecular weight is 151 g/mol. The molecule has 1 aliphatic heterocycles. The Bertz CT molecular complexity index is 275. The van der Waals surface area contributed by atoms with E-state index in [9.17, 15) is 5.21 Å². The number of aromatic nitrogens is 1. The van der Waals surface area contributed by atoms with Crippen LogP contribution in [0.2, 0.25) is 0 Å². The van der Waals surface area contributed by atoms with Gasteiger partial charge < -0.3 is 9.94 Å². The molecule has 0 aliphatic carbocycles. The van der Waals surface area contributed by atoms with Gasteiger partial charge in [-0.3, -0.25) is 0 Å². The third-order valence-corrected chi connectivity index (χ3v) is 1.86. The van der Waals surface area contributed by atoms with Crippen LogP contribution < -0.4 is 4.73 Å². The average Bonchev–Trinajstić information content (AvgIpc) is 2.68. The molecule has 1 saturated heterocycles. The molecule has 0 unspecified atom stereocenters. The van der Waals surface area contributed by atoms with Crippen molar-refractivity contribution >= 4 is 0 Å². The molecule has 2 heterocycles. The molecule has 3 heteroatoms. The maximum Gasteiger partial charge on any atom is 0.224 e. The normalized spacial score (nSPS) is 28.5. The second kappa shape index (κ2) is 2.20. The van der Waals surface area contributed by atoms with Gasteiger partial charge in [-0.2, -0.15) is 4.73 Å². The summed E-state index contributed by atoms with van der Waals surface area (Å²) in [6.45, 7) is 1.96. The van der Waals surface area contributed by atoms with Gasteiger partial charge in [0.1, 0.15) is 0 Å². The number of ether oxygens (including phenoxy) is 1. The lowest BCUT2D eigenvalue weighted by molar-refractivity contribution is -0.615. The van der Waals surface area contributed by atoms with Crippen LogP contribution in [0, 0.1) is 5.21 Å². The molecule has 0 spiro atoms. The molecule has 2 atom stereocenters. The van der Waals surface area contributed by atoms with Gasteiger partial charge in [0.25, 0.3) is 0 Å². The number of epoxide rings is 1. The van der Waals surface area contributed by atoms with E-state index in [1.54, 1.807) is 12.1 Å². The SMILES string of the molecule is C[C@H]1O[C@H]1c1cccc[n+]1[O-]. The van der Waals surface area contributed by atoms with E-state index in [4.69, 9.17) is 4.74 Å². The number of nitrogens with zero attached hydrogens (tertiary/aromatic N) is 1. The second-order valence-electron chi connectivity index (χ2n) is 2.71. The first-order valence-corrected chi connectivity index (χ1v) is 3.62. The van der Waals surface area contributed by atoms with Gasteiger partial charge in [0.15, 0.2) is 12.3 Å². The predicted octanol–water partition coefficient (Wildman–Crippen LogP) is 0.780. The molecule has 0 radical (unpaired) electrons. The fraction of sp³-hybridized carbons (Fsp3) is 0.375. The quantitative estimate of drug-likeness (QED) is 0.338. The standard InChI is InChI=1S/C8H9NO2/c1-6-8(11-6)7-4-2-3-5-9(7)10/h2-6,8H,1H3/t6-,8-/m1/s1. The number of hydrogen-bond acceptors (Lipinski definition) is 2. The molecule has 0 aromatic carbocycles. The van der Waals surface area contributed by atoms with E-state index in [2.05, 4.69) is 0 Å². The predicted molar refractivity (Wildman–Crippen MR) is 38.7 cm³/mol. The zero-order chi connectivity index (χ0) is 7.84. The van der Waals surface area contributed by atoms with Gasteiger partial charge in [0.2, 0.25) is 5.69 Å². The lowest BCUT2D eigenvalue weighted by Gasteiger charge is -1.98. The van der Waals surface area contributed by atoms with Gasteiger partial charge in [0, 0.05) is 12.1 Å². The second-order valence-corrected chi connectivity index (χ2v) is 2.71. The Morgan fingerprint density at radius 1 is 1.55 bits per heavy atom. The van der Waals surface area contributed by atoms with Crippen molar-refractivity contribution in [1.82, 2.24) is 0 Å². The van der Waals surface area contributed by atoms with Crippen LogP contribution in [0.25, 0.3) is 0 Å². The molecule has 0 N–H and O–H groups in total. The summed E-state index contributed by atoms with van der Waals surface area (Å²) in [7, 11) is 0. The first kappa shape index (κ1) is 6.61. The summed E-state index contributed by atoms with van der Waals surface area (Å²) in [5, 5.41) is 11.1. The molecule has 1 fully saturated rings. The van der Waals surface area contributed by atoms with Crippen LogP contribution >= 0.6 is 0 Å². The Labute approximate surface area is 64.8 Å². The van der Waals surface area contributed by atoms with Crippen molar-refractivity contribution in [2.75, 3.05) is 0 Å². The first-order chi connectivity index (χ1) is 5.29. The van der Waals surface area contributed by atoms with Crippen molar-refractivity contribution < 1.29 is 9.47 Å². The van der Waals surface area contributed by atoms with Crippen LogP contribution in [0.3, 0.4) is 0 Å². The Morgan fingerprint density at radius 2 is 2.27 bits per heavy atom. The van der Waals surface area contributed by atoms with Gasteiger partial charge in [-0.25, -0.2) is 0 Å². The lowest BCUT2D eigenvalue weighted by Crippen LogP contribution is -2.30. The minimum Gasteiger partial charge on any atom is -0.618 e. The Kier molecular flexibility index (Phi) is 1.32. The van der Waals surface area contributed by atoms with E-state index >= 15 is 0 Å². The van der Waals surface area contributed by atoms with E-state index in [1.165, 1.54) is 6.20 Å². The summed E-state index contributed by atoms with van der Waals surface area (Å²) in [5.41, 5.74) is 0.708. The molecule has 1 aromatic heterocycles. The number of hydrogen-bond donors (Lipinski definition) is 0. The maximum absolute atomic E-state index is 11.1. The summed E-state index contributed by atoms with van der Waals surface area (Å²) in [6.07, 6.45) is 1.72. The molecular weight excluding hydrogens is 142 g/mol. The van der Waals surface area contributed by atoms with Crippen molar-refractivity contribution in [3.63, 3.8) is 0 Å². The Morgan fingerprint density at radius 3 is 2.82 bits per heavy atom. The fourth-order valence-electron chi connectivity index (χ4n) is 1.16. The highest BCUT2D eigenvalue weighted by atomic mass is 16.6. The van der Waals surface area contributed by atoms with E-state index in [0.717, 1.165) is 4.73 Å². The summed E-state index contributed by atoms with van der Waals surface area (Å²) in [6, 6.07) is 5.35. The van der Waals surface area contributed by atoms with Crippen LogP contribution in [-0.4, -0.2) is 6.10 Å². The number of rotatable bonds is 1. The molecule has 58 valence electrons. The number of pyridine rings is 1. The van der Waals surface area contributed by atoms with Crippen molar-refractivity contribution in [1.29, 1.82) is 0 Å². The monoisotopic (exact) mass is 151 g/mol. The molecular formula is C8H9NO2. The van der Waals surface area contributed by atoms with Crippen LogP contribution in [0.1, 0.15) is 18.7 Å². The van der Waals surface area contributed by atoms with Crippen LogP contribution in [0.5, 0.6) is 0 Å². The van der Waals surface area contributed by atoms with E-state index in [-0.39, 0.29) is 12.2 Å². The zero-order valence-corrected chi connectivity index (χ0v) is 6.23. The zero-order valence-electron chi connectivity index (χ0n) is 6.23. The molecule has 1 aromatic rings.